The molecule has 0 aliphatic heterocycles. The van der Waals surface area contributed by atoms with E-state index in [1.807, 2.05) is 19.1 Å². The molecule has 0 amide bonds. The van der Waals surface area contributed by atoms with E-state index in [0.29, 0.717) is 24.9 Å². The monoisotopic (exact) mass is 333 g/mol. The number of aliphatic imine (C=N–C) groups is 1. The quantitative estimate of drug-likeness (QED) is 0.551. The van der Waals surface area contributed by atoms with Crippen molar-refractivity contribution >= 4 is 5.96 Å². The predicted molar refractivity (Wildman–Crippen MR) is 98.6 cm³/mol. The van der Waals surface area contributed by atoms with Crippen molar-refractivity contribution < 1.29 is 9.84 Å². The number of phenolic OH excluding ortho intramolecular Hbond substituents is 1. The minimum atomic E-state index is 0.172. The number of phenols is 1. The fourth-order valence-electron chi connectivity index (χ4n) is 3.02. The first kappa shape index (κ1) is 18.4. The highest BCUT2D eigenvalue weighted by atomic mass is 16.5. The summed E-state index contributed by atoms with van der Waals surface area (Å²) in [4.78, 5) is 4.68. The van der Waals surface area contributed by atoms with Crippen molar-refractivity contribution in [2.45, 2.75) is 59.0 Å². The van der Waals surface area contributed by atoms with Gasteiger partial charge in [0.1, 0.15) is 0 Å². The van der Waals surface area contributed by atoms with Crippen LogP contribution in [0.15, 0.2) is 23.2 Å². The van der Waals surface area contributed by atoms with Gasteiger partial charge in [-0.2, -0.15) is 0 Å². The van der Waals surface area contributed by atoms with Crippen LogP contribution in [0.2, 0.25) is 0 Å². The summed E-state index contributed by atoms with van der Waals surface area (Å²) in [6.07, 6.45) is 4.98. The summed E-state index contributed by atoms with van der Waals surface area (Å²) in [6.45, 7) is 8.24. The van der Waals surface area contributed by atoms with Crippen molar-refractivity contribution in [2.75, 3.05) is 13.2 Å². The van der Waals surface area contributed by atoms with E-state index in [-0.39, 0.29) is 5.75 Å². The number of rotatable bonds is 6. The van der Waals surface area contributed by atoms with Crippen LogP contribution in [0.5, 0.6) is 11.5 Å². The molecule has 1 aromatic carbocycles. The smallest absolute Gasteiger partial charge is 0.191 e. The first-order chi connectivity index (χ1) is 11.6. The molecular formula is C19H31N3O2. The molecule has 1 aliphatic rings. The molecule has 0 radical (unpaired) electrons. The maximum atomic E-state index is 9.78. The summed E-state index contributed by atoms with van der Waals surface area (Å²) in [5, 5.41) is 16.7. The van der Waals surface area contributed by atoms with Crippen LogP contribution in [0, 0.1) is 5.92 Å². The molecule has 0 saturated heterocycles. The topological polar surface area (TPSA) is 65.9 Å². The van der Waals surface area contributed by atoms with Gasteiger partial charge in [0.15, 0.2) is 17.5 Å². The molecular weight excluding hydrogens is 302 g/mol. The first-order valence-corrected chi connectivity index (χ1v) is 9.11. The number of benzene rings is 1. The fraction of sp³-hybridized carbons (Fsp3) is 0.632. The van der Waals surface area contributed by atoms with Crippen molar-refractivity contribution in [3.05, 3.63) is 23.8 Å². The average molecular weight is 333 g/mol. The van der Waals surface area contributed by atoms with Gasteiger partial charge in [-0.25, -0.2) is 4.99 Å². The van der Waals surface area contributed by atoms with E-state index in [1.165, 1.54) is 25.7 Å². The molecule has 1 saturated carbocycles. The molecule has 0 unspecified atom stereocenters. The number of hydrogen-bond acceptors (Lipinski definition) is 3. The van der Waals surface area contributed by atoms with Crippen molar-refractivity contribution in [1.82, 2.24) is 10.6 Å². The van der Waals surface area contributed by atoms with Gasteiger partial charge in [0.2, 0.25) is 0 Å². The Hall–Kier alpha value is -1.91. The second-order valence-corrected chi connectivity index (χ2v) is 6.53. The van der Waals surface area contributed by atoms with Crippen LogP contribution in [0.4, 0.5) is 0 Å². The van der Waals surface area contributed by atoms with Gasteiger partial charge in [0.05, 0.1) is 13.2 Å². The van der Waals surface area contributed by atoms with E-state index in [9.17, 15) is 5.11 Å². The summed E-state index contributed by atoms with van der Waals surface area (Å²) < 4.78 is 5.43. The van der Waals surface area contributed by atoms with Gasteiger partial charge in [-0.15, -0.1) is 0 Å². The summed E-state index contributed by atoms with van der Waals surface area (Å²) in [5.41, 5.74) is 1.02. The summed E-state index contributed by atoms with van der Waals surface area (Å²) in [6, 6.07) is 5.91. The zero-order valence-electron chi connectivity index (χ0n) is 15.1. The maximum Gasteiger partial charge on any atom is 0.191 e. The van der Waals surface area contributed by atoms with Gasteiger partial charge >= 0.3 is 0 Å². The third-order valence-corrected chi connectivity index (χ3v) is 4.44. The largest absolute Gasteiger partial charge is 0.504 e. The molecule has 0 aromatic heterocycles. The third kappa shape index (κ3) is 5.62. The Kier molecular flexibility index (Phi) is 7.22. The lowest BCUT2D eigenvalue weighted by Crippen LogP contribution is -2.44. The average Bonchev–Trinajstić information content (AvgIpc) is 2.58. The van der Waals surface area contributed by atoms with Crippen molar-refractivity contribution in [3.8, 4) is 11.5 Å². The molecule has 1 aromatic rings. The van der Waals surface area contributed by atoms with Gasteiger partial charge in [-0.1, -0.05) is 13.0 Å². The fourth-order valence-corrected chi connectivity index (χ4v) is 3.02. The third-order valence-electron chi connectivity index (χ3n) is 4.44. The van der Waals surface area contributed by atoms with Crippen LogP contribution in [-0.4, -0.2) is 30.3 Å². The molecule has 5 nitrogen and oxygen atoms in total. The number of ether oxygens (including phenoxy) is 1. The molecule has 1 aliphatic carbocycles. The maximum absolute atomic E-state index is 9.78. The van der Waals surface area contributed by atoms with Crippen LogP contribution < -0.4 is 15.4 Å². The Labute approximate surface area is 145 Å². The summed E-state index contributed by atoms with van der Waals surface area (Å²) >= 11 is 0. The van der Waals surface area contributed by atoms with Gasteiger partial charge in [-0.3, -0.25) is 0 Å². The zero-order valence-corrected chi connectivity index (χ0v) is 15.1. The lowest BCUT2D eigenvalue weighted by molar-refractivity contribution is 0.318. The molecule has 24 heavy (non-hydrogen) atoms. The molecule has 3 N–H and O–H groups in total. The summed E-state index contributed by atoms with van der Waals surface area (Å²) in [5.74, 6) is 2.40. The number of nitrogens with one attached hydrogen (secondary N) is 2. The molecule has 0 heterocycles. The van der Waals surface area contributed by atoms with E-state index < -0.39 is 0 Å². The van der Waals surface area contributed by atoms with E-state index in [2.05, 4.69) is 29.5 Å². The molecule has 5 heteroatoms. The highest BCUT2D eigenvalue weighted by molar-refractivity contribution is 5.80. The molecule has 0 atom stereocenters. The van der Waals surface area contributed by atoms with Crippen molar-refractivity contribution in [3.63, 3.8) is 0 Å². The predicted octanol–water partition coefficient (Wildman–Crippen LogP) is 3.42. The Balaban J connectivity index is 1.98. The Morgan fingerprint density at radius 3 is 2.67 bits per heavy atom. The lowest BCUT2D eigenvalue weighted by atomic mass is 9.87. The van der Waals surface area contributed by atoms with Gasteiger partial charge in [-0.05, 0) is 63.1 Å². The van der Waals surface area contributed by atoms with Crippen LogP contribution in [-0.2, 0) is 6.54 Å². The number of hydrogen-bond donors (Lipinski definition) is 3. The normalized spacial score (nSPS) is 21.4. The Morgan fingerprint density at radius 2 is 2.00 bits per heavy atom. The molecule has 1 fully saturated rings. The number of guanidine groups is 1. The van der Waals surface area contributed by atoms with E-state index in [1.54, 1.807) is 6.07 Å². The highest BCUT2D eigenvalue weighted by Crippen LogP contribution is 2.27. The van der Waals surface area contributed by atoms with Gasteiger partial charge in [0, 0.05) is 12.6 Å². The minimum Gasteiger partial charge on any atom is -0.504 e. The van der Waals surface area contributed by atoms with Crippen LogP contribution in [0.3, 0.4) is 0 Å². The van der Waals surface area contributed by atoms with E-state index in [4.69, 9.17) is 4.74 Å². The second kappa shape index (κ2) is 9.40. The first-order valence-electron chi connectivity index (χ1n) is 9.11. The van der Waals surface area contributed by atoms with Crippen molar-refractivity contribution in [2.24, 2.45) is 10.9 Å². The summed E-state index contributed by atoms with van der Waals surface area (Å²) in [7, 11) is 0. The SMILES string of the molecule is CCNC(=NCc1ccc(O)c(OCC)c1)NC1CCC(C)CC1. The van der Waals surface area contributed by atoms with Crippen LogP contribution in [0.25, 0.3) is 0 Å². The number of nitrogens with zero attached hydrogens (tertiary/aromatic N) is 1. The lowest BCUT2D eigenvalue weighted by Gasteiger charge is -2.28. The van der Waals surface area contributed by atoms with E-state index in [0.717, 1.165) is 24.0 Å². The zero-order chi connectivity index (χ0) is 17.4. The van der Waals surface area contributed by atoms with E-state index >= 15 is 0 Å². The molecule has 0 spiro atoms. The Bertz CT molecular complexity index is 537. The molecule has 0 bridgehead atoms. The molecule has 134 valence electrons. The van der Waals surface area contributed by atoms with Crippen LogP contribution >= 0.6 is 0 Å². The van der Waals surface area contributed by atoms with Gasteiger partial charge < -0.3 is 20.5 Å². The standard InChI is InChI=1S/C19H31N3O2/c1-4-20-19(22-16-9-6-14(3)7-10-16)21-13-15-8-11-17(23)18(12-15)24-5-2/h8,11-12,14,16,23H,4-7,9-10,13H2,1-3H3,(H2,20,21,22). The number of aromatic hydroxyl groups is 1. The highest BCUT2D eigenvalue weighted by Gasteiger charge is 2.18. The molecule has 2 rings (SSSR count). The van der Waals surface area contributed by atoms with Crippen LogP contribution in [0.1, 0.15) is 52.0 Å². The Morgan fingerprint density at radius 1 is 1.25 bits per heavy atom. The minimum absolute atomic E-state index is 0.172. The van der Waals surface area contributed by atoms with Crippen molar-refractivity contribution in [1.29, 1.82) is 0 Å². The second-order valence-electron chi connectivity index (χ2n) is 6.53. The van der Waals surface area contributed by atoms with Gasteiger partial charge in [0.25, 0.3) is 0 Å².